The van der Waals surface area contributed by atoms with E-state index < -0.39 is 0 Å². The number of ether oxygens (including phenoxy) is 1. The molecular weight excluding hydrogens is 242 g/mol. The van der Waals surface area contributed by atoms with E-state index in [1.807, 2.05) is 0 Å². The molecule has 0 saturated heterocycles. The summed E-state index contributed by atoms with van der Waals surface area (Å²) in [6, 6.07) is 6.86. The topological polar surface area (TPSA) is 55.4 Å². The van der Waals surface area contributed by atoms with Gasteiger partial charge in [-0.1, -0.05) is 12.5 Å². The fourth-order valence-electron chi connectivity index (χ4n) is 1.92. The van der Waals surface area contributed by atoms with E-state index in [0.29, 0.717) is 11.3 Å². The van der Waals surface area contributed by atoms with E-state index in [1.54, 1.807) is 38.1 Å². The molecule has 102 valence electrons. The van der Waals surface area contributed by atoms with Crippen LogP contribution in [0.5, 0.6) is 0 Å². The normalized spacial score (nSPS) is 14.9. The van der Waals surface area contributed by atoms with Crippen LogP contribution in [0.4, 0.5) is 5.69 Å². The van der Waals surface area contributed by atoms with Gasteiger partial charge in [-0.25, -0.2) is 4.79 Å². The molecule has 4 nitrogen and oxygen atoms in total. The van der Waals surface area contributed by atoms with Crippen molar-refractivity contribution in [2.24, 2.45) is 5.92 Å². The molecule has 0 bridgehead atoms. The zero-order valence-corrected chi connectivity index (χ0v) is 11.3. The van der Waals surface area contributed by atoms with Gasteiger partial charge in [0.1, 0.15) is 0 Å². The van der Waals surface area contributed by atoms with Gasteiger partial charge in [-0.2, -0.15) is 0 Å². The lowest BCUT2D eigenvalue weighted by atomic mass is 9.85. The van der Waals surface area contributed by atoms with Crippen molar-refractivity contribution in [3.8, 4) is 0 Å². The number of anilines is 1. The number of hydrogen-bond donors (Lipinski definition) is 1. The quantitative estimate of drug-likeness (QED) is 0.848. The summed E-state index contributed by atoms with van der Waals surface area (Å²) in [5.41, 5.74) is 1.11. The third kappa shape index (κ3) is 3.56. The van der Waals surface area contributed by atoms with Gasteiger partial charge in [0.25, 0.3) is 0 Å². The van der Waals surface area contributed by atoms with Crippen LogP contribution in [0.15, 0.2) is 24.3 Å². The van der Waals surface area contributed by atoms with E-state index in [-0.39, 0.29) is 23.9 Å². The Morgan fingerprint density at radius 1 is 1.32 bits per heavy atom. The second kappa shape index (κ2) is 5.87. The van der Waals surface area contributed by atoms with Crippen molar-refractivity contribution in [1.29, 1.82) is 0 Å². The number of nitrogens with one attached hydrogen (secondary N) is 1. The first-order valence-corrected chi connectivity index (χ1v) is 6.68. The zero-order valence-electron chi connectivity index (χ0n) is 11.3. The van der Waals surface area contributed by atoms with Crippen molar-refractivity contribution < 1.29 is 14.3 Å². The molecule has 0 unspecified atom stereocenters. The summed E-state index contributed by atoms with van der Waals surface area (Å²) < 4.78 is 5.12. The van der Waals surface area contributed by atoms with Gasteiger partial charge in [-0.3, -0.25) is 4.79 Å². The summed E-state index contributed by atoms with van der Waals surface area (Å²) in [4.78, 5) is 23.6. The Labute approximate surface area is 113 Å². The second-order valence-corrected chi connectivity index (χ2v) is 5.15. The highest BCUT2D eigenvalue weighted by Crippen LogP contribution is 2.27. The van der Waals surface area contributed by atoms with Crippen LogP contribution in [0.2, 0.25) is 0 Å². The molecule has 1 N–H and O–H groups in total. The van der Waals surface area contributed by atoms with Gasteiger partial charge >= 0.3 is 5.97 Å². The summed E-state index contributed by atoms with van der Waals surface area (Å²) in [5, 5.41) is 2.85. The van der Waals surface area contributed by atoms with Gasteiger partial charge in [-0.05, 0) is 44.9 Å². The van der Waals surface area contributed by atoms with Crippen LogP contribution < -0.4 is 5.32 Å². The van der Waals surface area contributed by atoms with Crippen molar-refractivity contribution in [3.63, 3.8) is 0 Å². The lowest BCUT2D eigenvalue weighted by molar-refractivity contribution is -0.122. The maximum absolute atomic E-state index is 11.8. The number of benzene rings is 1. The van der Waals surface area contributed by atoms with Gasteiger partial charge in [-0.15, -0.1) is 0 Å². The molecule has 1 fully saturated rings. The van der Waals surface area contributed by atoms with E-state index in [2.05, 4.69) is 5.32 Å². The molecule has 0 atom stereocenters. The van der Waals surface area contributed by atoms with Gasteiger partial charge < -0.3 is 10.1 Å². The molecule has 0 radical (unpaired) electrons. The van der Waals surface area contributed by atoms with Crippen LogP contribution >= 0.6 is 0 Å². The molecular formula is C15H19NO3. The lowest BCUT2D eigenvalue weighted by Crippen LogP contribution is -2.28. The lowest BCUT2D eigenvalue weighted by Gasteiger charge is -2.24. The average Bonchev–Trinajstić information content (AvgIpc) is 2.25. The van der Waals surface area contributed by atoms with Crippen LogP contribution in [-0.4, -0.2) is 18.0 Å². The number of amides is 1. The van der Waals surface area contributed by atoms with Crippen molar-refractivity contribution in [2.75, 3.05) is 5.32 Å². The number of rotatable bonds is 4. The van der Waals surface area contributed by atoms with Crippen molar-refractivity contribution in [2.45, 2.75) is 39.2 Å². The van der Waals surface area contributed by atoms with Crippen LogP contribution in [0.1, 0.15) is 43.5 Å². The average molecular weight is 261 g/mol. The van der Waals surface area contributed by atoms with Gasteiger partial charge in [0, 0.05) is 11.6 Å². The van der Waals surface area contributed by atoms with Gasteiger partial charge in [0.05, 0.1) is 11.7 Å². The minimum absolute atomic E-state index is 0.0422. The molecule has 1 aromatic rings. The Bertz CT molecular complexity index is 478. The smallest absolute Gasteiger partial charge is 0.338 e. The summed E-state index contributed by atoms with van der Waals surface area (Å²) >= 11 is 0. The summed E-state index contributed by atoms with van der Waals surface area (Å²) in [6.45, 7) is 3.61. The minimum Gasteiger partial charge on any atom is -0.459 e. The Hall–Kier alpha value is -1.84. The molecule has 1 aliphatic rings. The number of esters is 1. The van der Waals surface area contributed by atoms with E-state index in [1.165, 1.54) is 0 Å². The summed E-state index contributed by atoms with van der Waals surface area (Å²) in [6.07, 6.45) is 2.89. The maximum Gasteiger partial charge on any atom is 0.338 e. The highest BCUT2D eigenvalue weighted by molar-refractivity contribution is 5.95. The van der Waals surface area contributed by atoms with E-state index in [4.69, 9.17) is 4.74 Å². The largest absolute Gasteiger partial charge is 0.459 e. The van der Waals surface area contributed by atoms with Crippen LogP contribution in [0.3, 0.4) is 0 Å². The molecule has 1 aromatic carbocycles. The summed E-state index contributed by atoms with van der Waals surface area (Å²) in [7, 11) is 0. The van der Waals surface area contributed by atoms with Crippen LogP contribution in [0, 0.1) is 5.92 Å². The molecule has 0 aliphatic heterocycles. The molecule has 0 spiro atoms. The van der Waals surface area contributed by atoms with E-state index in [9.17, 15) is 9.59 Å². The van der Waals surface area contributed by atoms with Gasteiger partial charge in [0.15, 0.2) is 0 Å². The standard InChI is InChI=1S/C15H19NO3/c1-10(2)19-15(18)12-7-4-8-13(9-12)16-14(17)11-5-3-6-11/h4,7-11H,3,5-6H2,1-2H3,(H,16,17). The van der Waals surface area contributed by atoms with Crippen molar-refractivity contribution in [3.05, 3.63) is 29.8 Å². The first kappa shape index (κ1) is 13.6. The van der Waals surface area contributed by atoms with Crippen molar-refractivity contribution >= 4 is 17.6 Å². The fraction of sp³-hybridized carbons (Fsp3) is 0.467. The predicted octanol–water partition coefficient (Wildman–Crippen LogP) is 2.99. The Morgan fingerprint density at radius 2 is 2.05 bits per heavy atom. The second-order valence-electron chi connectivity index (χ2n) is 5.15. The molecule has 0 heterocycles. The molecule has 1 amide bonds. The Kier molecular flexibility index (Phi) is 4.20. The van der Waals surface area contributed by atoms with Crippen LogP contribution in [-0.2, 0) is 9.53 Å². The Balaban J connectivity index is 2.02. The van der Waals surface area contributed by atoms with Gasteiger partial charge in [0.2, 0.25) is 5.91 Å². The molecule has 1 saturated carbocycles. The monoisotopic (exact) mass is 261 g/mol. The SMILES string of the molecule is CC(C)OC(=O)c1cccc(NC(=O)C2CCC2)c1. The first-order chi connectivity index (χ1) is 9.06. The summed E-state index contributed by atoms with van der Waals surface area (Å²) in [5.74, 6) is -0.193. The molecule has 0 aromatic heterocycles. The highest BCUT2D eigenvalue weighted by atomic mass is 16.5. The predicted molar refractivity (Wildman–Crippen MR) is 73.0 cm³/mol. The van der Waals surface area contributed by atoms with E-state index in [0.717, 1.165) is 19.3 Å². The molecule has 19 heavy (non-hydrogen) atoms. The first-order valence-electron chi connectivity index (χ1n) is 6.68. The number of hydrogen-bond acceptors (Lipinski definition) is 3. The van der Waals surface area contributed by atoms with E-state index >= 15 is 0 Å². The minimum atomic E-state index is -0.366. The molecule has 2 rings (SSSR count). The fourth-order valence-corrected chi connectivity index (χ4v) is 1.92. The zero-order chi connectivity index (χ0) is 13.8. The number of carbonyl (C=O) groups excluding carboxylic acids is 2. The third-order valence-electron chi connectivity index (χ3n) is 3.18. The maximum atomic E-state index is 11.8. The third-order valence-corrected chi connectivity index (χ3v) is 3.18. The number of carbonyl (C=O) groups is 2. The van der Waals surface area contributed by atoms with Crippen molar-refractivity contribution in [1.82, 2.24) is 0 Å². The van der Waals surface area contributed by atoms with Crippen LogP contribution in [0.25, 0.3) is 0 Å². The molecule has 4 heteroatoms. The Morgan fingerprint density at radius 3 is 2.63 bits per heavy atom. The molecule has 1 aliphatic carbocycles. The highest BCUT2D eigenvalue weighted by Gasteiger charge is 2.25.